The van der Waals surface area contributed by atoms with E-state index >= 15 is 0 Å². The minimum atomic E-state index is -0.886. The quantitative estimate of drug-likeness (QED) is 0.250. The molecule has 1 saturated heterocycles. The maximum Gasteiger partial charge on any atom is 0.336 e. The molecule has 26 heavy (non-hydrogen) atoms. The summed E-state index contributed by atoms with van der Waals surface area (Å²) in [6.07, 6.45) is 7.05. The van der Waals surface area contributed by atoms with Crippen molar-refractivity contribution in [2.24, 2.45) is 0 Å². The number of unbranched alkanes of at least 4 members (excludes halogenated alkanes) is 1. The lowest BCUT2D eigenvalue weighted by Crippen LogP contribution is -2.11. The van der Waals surface area contributed by atoms with E-state index in [1.54, 1.807) is 19.1 Å². The Balaban J connectivity index is 0.000000263. The zero-order valence-corrected chi connectivity index (χ0v) is 15.3. The summed E-state index contributed by atoms with van der Waals surface area (Å²) >= 11 is 0. The van der Waals surface area contributed by atoms with Crippen LogP contribution in [0, 0.1) is 0 Å². The van der Waals surface area contributed by atoms with Crippen LogP contribution in [0.25, 0.3) is 6.08 Å². The summed E-state index contributed by atoms with van der Waals surface area (Å²) in [5.41, 5.74) is 1.84. The van der Waals surface area contributed by atoms with Gasteiger partial charge < -0.3 is 14.6 Å². The highest BCUT2D eigenvalue weighted by atomic mass is 16.6. The first-order valence-electron chi connectivity index (χ1n) is 8.56. The number of epoxide rings is 1. The molecule has 0 amide bonds. The molecule has 0 aromatic heterocycles. The van der Waals surface area contributed by atoms with Gasteiger partial charge in [-0.1, -0.05) is 68.5 Å². The summed E-state index contributed by atoms with van der Waals surface area (Å²) in [5, 5.41) is 8.58. The number of aliphatic carboxylic acids is 1. The first-order valence-corrected chi connectivity index (χ1v) is 8.56. The van der Waals surface area contributed by atoms with E-state index in [1.165, 1.54) is 0 Å². The average Bonchev–Trinajstić information content (AvgIpc) is 3.47. The molecule has 1 aliphatic rings. The molecular weight excluding hydrogens is 332 g/mol. The molecule has 1 atom stereocenters. The number of carboxylic acid groups (broad SMARTS) is 1. The maximum atomic E-state index is 11.1. The predicted octanol–water partition coefficient (Wildman–Crippen LogP) is 4.02. The number of esters is 1. The Hall–Kier alpha value is -2.66. The first-order chi connectivity index (χ1) is 12.5. The van der Waals surface area contributed by atoms with Crippen molar-refractivity contribution in [1.29, 1.82) is 0 Å². The molecule has 0 bridgehead atoms. The molecule has 1 heterocycles. The molecule has 0 spiro atoms. The van der Waals surface area contributed by atoms with E-state index in [1.807, 2.05) is 43.3 Å². The van der Waals surface area contributed by atoms with Crippen molar-refractivity contribution < 1.29 is 24.2 Å². The molecular formula is C21H26O5. The van der Waals surface area contributed by atoms with Gasteiger partial charge in [0.1, 0.15) is 6.10 Å². The second-order valence-corrected chi connectivity index (χ2v) is 5.76. The van der Waals surface area contributed by atoms with E-state index in [0.29, 0.717) is 24.4 Å². The Kier molecular flexibility index (Phi) is 9.72. The van der Waals surface area contributed by atoms with Gasteiger partial charge in [-0.3, -0.25) is 0 Å². The van der Waals surface area contributed by atoms with Crippen LogP contribution in [0.3, 0.4) is 0 Å². The van der Waals surface area contributed by atoms with Crippen molar-refractivity contribution in [2.75, 3.05) is 13.2 Å². The fourth-order valence-electron chi connectivity index (χ4n) is 1.72. The average molecular weight is 358 g/mol. The van der Waals surface area contributed by atoms with Crippen molar-refractivity contribution in [3.8, 4) is 0 Å². The molecule has 0 aliphatic carbocycles. The minimum Gasteiger partial charge on any atom is -0.478 e. The van der Waals surface area contributed by atoms with Gasteiger partial charge in [-0.05, 0) is 18.9 Å². The summed E-state index contributed by atoms with van der Waals surface area (Å²) in [4.78, 5) is 21.5. The third-order valence-electron chi connectivity index (χ3n) is 3.49. The van der Waals surface area contributed by atoms with E-state index in [2.05, 4.69) is 6.58 Å². The van der Waals surface area contributed by atoms with Crippen molar-refractivity contribution in [3.63, 3.8) is 0 Å². The molecule has 1 unspecified atom stereocenters. The van der Waals surface area contributed by atoms with Gasteiger partial charge in [-0.25, -0.2) is 9.59 Å². The van der Waals surface area contributed by atoms with Crippen molar-refractivity contribution in [1.82, 2.24) is 0 Å². The van der Waals surface area contributed by atoms with E-state index in [0.717, 1.165) is 18.4 Å². The molecule has 1 N–H and O–H groups in total. The number of carbonyl (C=O) groups excluding carboxylic acids is 1. The molecule has 5 heteroatoms. The zero-order chi connectivity index (χ0) is 19.4. The zero-order valence-electron chi connectivity index (χ0n) is 15.3. The van der Waals surface area contributed by atoms with E-state index in [-0.39, 0.29) is 12.1 Å². The van der Waals surface area contributed by atoms with Crippen molar-refractivity contribution >= 4 is 18.0 Å². The van der Waals surface area contributed by atoms with Crippen LogP contribution in [0.5, 0.6) is 0 Å². The molecule has 1 aromatic rings. The van der Waals surface area contributed by atoms with Crippen LogP contribution in [0.4, 0.5) is 0 Å². The van der Waals surface area contributed by atoms with Gasteiger partial charge in [0.2, 0.25) is 0 Å². The fourth-order valence-corrected chi connectivity index (χ4v) is 1.72. The topological polar surface area (TPSA) is 76.1 Å². The predicted molar refractivity (Wildman–Crippen MR) is 102 cm³/mol. The molecule has 1 aromatic carbocycles. The van der Waals surface area contributed by atoms with Crippen molar-refractivity contribution in [3.05, 3.63) is 65.8 Å². The third-order valence-corrected chi connectivity index (χ3v) is 3.49. The van der Waals surface area contributed by atoms with Gasteiger partial charge >= 0.3 is 11.9 Å². The van der Waals surface area contributed by atoms with Crippen LogP contribution in [0.1, 0.15) is 32.3 Å². The number of hydrogen-bond donors (Lipinski definition) is 1. The molecule has 0 saturated carbocycles. The number of benzene rings is 1. The van der Waals surface area contributed by atoms with Crippen LogP contribution in [0.15, 0.2) is 60.2 Å². The highest BCUT2D eigenvalue weighted by Crippen LogP contribution is 2.18. The lowest BCUT2D eigenvalue weighted by molar-refractivity contribution is -0.139. The van der Waals surface area contributed by atoms with Crippen molar-refractivity contribution in [2.45, 2.75) is 32.8 Å². The van der Waals surface area contributed by atoms with Gasteiger partial charge in [0.25, 0.3) is 0 Å². The summed E-state index contributed by atoms with van der Waals surface area (Å²) in [6, 6.07) is 9.73. The molecule has 5 nitrogen and oxygen atoms in total. The monoisotopic (exact) mass is 358 g/mol. The highest BCUT2D eigenvalue weighted by Gasteiger charge is 2.31. The lowest BCUT2D eigenvalue weighted by Gasteiger charge is -2.03. The second-order valence-electron chi connectivity index (χ2n) is 5.76. The van der Waals surface area contributed by atoms with E-state index in [9.17, 15) is 9.59 Å². The van der Waals surface area contributed by atoms with Gasteiger partial charge in [-0.2, -0.15) is 0 Å². The Morgan fingerprint density at radius 3 is 2.54 bits per heavy atom. The fraction of sp³-hybridized carbons (Fsp3) is 0.333. The molecule has 140 valence electrons. The van der Waals surface area contributed by atoms with Crippen LogP contribution < -0.4 is 0 Å². The number of hydrogen-bond acceptors (Lipinski definition) is 4. The number of carboxylic acids is 1. The minimum absolute atomic E-state index is 0.0703. The van der Waals surface area contributed by atoms with Crippen LogP contribution in [-0.2, 0) is 19.1 Å². The van der Waals surface area contributed by atoms with E-state index in [4.69, 9.17) is 14.6 Å². The number of allylic oxidation sites excluding steroid dienone is 2. The second kappa shape index (κ2) is 11.8. The molecule has 1 fully saturated rings. The van der Waals surface area contributed by atoms with Gasteiger partial charge in [0, 0.05) is 5.57 Å². The highest BCUT2D eigenvalue weighted by molar-refractivity contribution is 5.89. The van der Waals surface area contributed by atoms with Crippen LogP contribution in [0.2, 0.25) is 0 Å². The maximum absolute atomic E-state index is 11.1. The largest absolute Gasteiger partial charge is 0.478 e. The molecule has 0 radical (unpaired) electrons. The first kappa shape index (κ1) is 21.4. The Morgan fingerprint density at radius 1 is 1.35 bits per heavy atom. The standard InChI is InChI=1S/C12H12O2.C9H14O3/c1-10(12(13)14)6-5-9-11-7-3-2-4-8-11;1-3-4-5-11-9(10)7(2)8-6-12-8/h2-9H,1H3,(H,13,14);8H,2-6H2,1H3. The smallest absolute Gasteiger partial charge is 0.336 e. The normalized spacial score (nSPS) is 15.8. The third kappa shape index (κ3) is 8.99. The van der Waals surface area contributed by atoms with Gasteiger partial charge in [0.15, 0.2) is 0 Å². The molecule has 2 rings (SSSR count). The lowest BCUT2D eigenvalue weighted by atomic mass is 10.2. The number of rotatable bonds is 8. The Labute approximate surface area is 154 Å². The van der Waals surface area contributed by atoms with E-state index < -0.39 is 5.97 Å². The van der Waals surface area contributed by atoms with Crippen LogP contribution >= 0.6 is 0 Å². The number of carbonyl (C=O) groups is 2. The molecule has 1 aliphatic heterocycles. The van der Waals surface area contributed by atoms with Crippen LogP contribution in [-0.4, -0.2) is 36.4 Å². The SMILES string of the molecule is C=C(C(=O)OCCCC)C1CO1.CC(=CC=Cc1ccccc1)C(=O)O. The summed E-state index contributed by atoms with van der Waals surface area (Å²) < 4.78 is 9.82. The van der Waals surface area contributed by atoms with Gasteiger partial charge in [0.05, 0.1) is 18.8 Å². The summed E-state index contributed by atoms with van der Waals surface area (Å²) in [6.45, 7) is 8.31. The number of ether oxygens (including phenoxy) is 2. The summed E-state index contributed by atoms with van der Waals surface area (Å²) in [5.74, 6) is -1.20. The Morgan fingerprint density at radius 2 is 2.00 bits per heavy atom. The summed E-state index contributed by atoms with van der Waals surface area (Å²) in [7, 11) is 0. The Bertz CT molecular complexity index is 654. The van der Waals surface area contributed by atoms with Gasteiger partial charge in [-0.15, -0.1) is 0 Å².